The second kappa shape index (κ2) is 42.5. The Hall–Kier alpha value is -5.75. The van der Waals surface area contributed by atoms with Crippen molar-refractivity contribution in [2.45, 2.75) is 213 Å². The average molecular weight is 1050 g/mol. The van der Waals surface area contributed by atoms with Crippen molar-refractivity contribution in [3.05, 3.63) is 56.2 Å². The van der Waals surface area contributed by atoms with E-state index in [0.29, 0.717) is 96.8 Å². The summed E-state index contributed by atoms with van der Waals surface area (Å²) in [6.07, 6.45) is 37.5. The first-order valence-electron chi connectivity index (χ1n) is 28.2. The fourth-order valence-corrected chi connectivity index (χ4v) is 8.13. The van der Waals surface area contributed by atoms with E-state index in [2.05, 4.69) is 34.0 Å². The Balaban J connectivity index is 1.28. The largest absolute Gasteiger partial charge is 0.466 e. The Morgan fingerprint density at radius 1 is 0.387 bits per heavy atom. The SMILES string of the molecule is CCC(COC(=O)CCCCCOC(=O)CCCCCCCn1ccnc1)(COC(=O)CCCCCOC(=O)CCCCCCCn1ccnc1)COC(=O)CCCCCOC(=O)NCCCCCCn1ccnc1. The van der Waals surface area contributed by atoms with Gasteiger partial charge in [0.05, 0.1) is 44.2 Å². The number of carbonyl (C=O) groups excluding carboxylic acids is 6. The Labute approximate surface area is 446 Å². The number of aryl methyl sites for hydroxylation is 3. The highest BCUT2D eigenvalue weighted by Gasteiger charge is 2.34. The fourth-order valence-electron chi connectivity index (χ4n) is 8.13. The summed E-state index contributed by atoms with van der Waals surface area (Å²) in [5, 5.41) is 2.79. The standard InChI is InChI=1S/C56H91N7O12/c1-2-56(44-73-52(66)28-16-11-23-41-70-50(64)26-14-5-3-8-20-35-61-38-32-57-47-61,45-74-53(67)29-17-12-24-42-71-51(65)27-15-6-4-9-21-36-62-39-33-58-48-62)46-75-54(68)30-18-13-25-43-72-55(69)60-31-19-7-10-22-37-63-40-34-59-49-63/h32-34,38-40,47-49H,2-31,35-37,41-46H2,1H3,(H,60,69). The molecule has 0 saturated carbocycles. The molecule has 1 amide bonds. The lowest BCUT2D eigenvalue weighted by Gasteiger charge is -2.31. The summed E-state index contributed by atoms with van der Waals surface area (Å²) < 4.78 is 39.4. The van der Waals surface area contributed by atoms with Crippen molar-refractivity contribution in [2.24, 2.45) is 5.41 Å². The number of hydrogen-bond donors (Lipinski definition) is 1. The molecule has 3 rings (SSSR count). The predicted molar refractivity (Wildman–Crippen MR) is 283 cm³/mol. The van der Waals surface area contributed by atoms with Crippen LogP contribution in [0.5, 0.6) is 0 Å². The first kappa shape index (κ1) is 63.5. The van der Waals surface area contributed by atoms with Gasteiger partial charge in [-0.2, -0.15) is 0 Å². The Morgan fingerprint density at radius 2 is 0.693 bits per heavy atom. The maximum Gasteiger partial charge on any atom is 0.407 e. The molecule has 1 N–H and O–H groups in total. The molecule has 0 saturated heterocycles. The van der Waals surface area contributed by atoms with Crippen molar-refractivity contribution in [2.75, 3.05) is 46.2 Å². The van der Waals surface area contributed by atoms with Crippen molar-refractivity contribution in [3.8, 4) is 0 Å². The summed E-state index contributed by atoms with van der Waals surface area (Å²) in [6, 6.07) is 0. The summed E-state index contributed by atoms with van der Waals surface area (Å²) in [4.78, 5) is 87.3. The third-order valence-corrected chi connectivity index (χ3v) is 13.1. The number of aromatic nitrogens is 6. The van der Waals surface area contributed by atoms with Gasteiger partial charge in [0.1, 0.15) is 19.8 Å². The molecule has 0 atom stereocenters. The summed E-state index contributed by atoms with van der Waals surface area (Å²) in [5.41, 5.74) is -0.952. The van der Waals surface area contributed by atoms with Gasteiger partial charge in [0.25, 0.3) is 0 Å². The van der Waals surface area contributed by atoms with Crippen LogP contribution in [0.25, 0.3) is 0 Å². The molecule has 0 aliphatic heterocycles. The zero-order chi connectivity index (χ0) is 53.7. The third kappa shape index (κ3) is 34.4. The predicted octanol–water partition coefficient (Wildman–Crippen LogP) is 10.4. The molecule has 0 bridgehead atoms. The molecule has 3 heterocycles. The molecule has 75 heavy (non-hydrogen) atoms. The number of ether oxygens (including phenoxy) is 6. The first-order chi connectivity index (χ1) is 36.7. The van der Waals surface area contributed by atoms with Crippen LogP contribution in [0, 0.1) is 5.41 Å². The van der Waals surface area contributed by atoms with Gasteiger partial charge in [0.2, 0.25) is 0 Å². The van der Waals surface area contributed by atoms with Crippen LogP contribution in [0.2, 0.25) is 0 Å². The van der Waals surface area contributed by atoms with Crippen molar-refractivity contribution in [1.82, 2.24) is 34.0 Å². The van der Waals surface area contributed by atoms with Crippen LogP contribution >= 0.6 is 0 Å². The summed E-state index contributed by atoms with van der Waals surface area (Å²) in [5.74, 6) is -1.66. The summed E-state index contributed by atoms with van der Waals surface area (Å²) >= 11 is 0. The lowest BCUT2D eigenvalue weighted by Crippen LogP contribution is -2.39. The molecule has 0 aromatic carbocycles. The second-order valence-electron chi connectivity index (χ2n) is 19.6. The fraction of sp³-hybridized carbons (Fsp3) is 0.732. The maximum absolute atomic E-state index is 12.9. The highest BCUT2D eigenvalue weighted by molar-refractivity contribution is 5.71. The Bertz CT molecular complexity index is 1700. The molecule has 19 heteroatoms. The number of esters is 5. The smallest absolute Gasteiger partial charge is 0.407 e. The van der Waals surface area contributed by atoms with E-state index in [4.69, 9.17) is 28.4 Å². The number of rotatable bonds is 48. The minimum absolute atomic E-state index is 0.103. The van der Waals surface area contributed by atoms with Gasteiger partial charge in [-0.3, -0.25) is 24.0 Å². The Morgan fingerprint density at radius 3 is 1.04 bits per heavy atom. The van der Waals surface area contributed by atoms with E-state index < -0.39 is 29.4 Å². The lowest BCUT2D eigenvalue weighted by atomic mass is 9.88. The number of nitrogens with one attached hydrogen (secondary N) is 1. The van der Waals surface area contributed by atoms with Crippen LogP contribution in [0.15, 0.2) is 56.2 Å². The van der Waals surface area contributed by atoms with Gasteiger partial charge >= 0.3 is 35.9 Å². The van der Waals surface area contributed by atoms with Gasteiger partial charge in [-0.15, -0.1) is 0 Å². The maximum atomic E-state index is 12.9. The minimum Gasteiger partial charge on any atom is -0.466 e. The van der Waals surface area contributed by atoms with Crippen molar-refractivity contribution in [1.29, 1.82) is 0 Å². The van der Waals surface area contributed by atoms with Gasteiger partial charge in [0, 0.05) is 95.5 Å². The quantitative estimate of drug-likeness (QED) is 0.0315. The summed E-state index contributed by atoms with van der Waals surface area (Å²) in [7, 11) is 0. The molecular formula is C56H91N7O12. The van der Waals surface area contributed by atoms with Crippen LogP contribution in [0.3, 0.4) is 0 Å². The zero-order valence-electron chi connectivity index (χ0n) is 45.4. The van der Waals surface area contributed by atoms with E-state index in [1.54, 1.807) is 18.6 Å². The number of unbranched alkanes of at least 4 members (excludes halogenated alkanes) is 17. The van der Waals surface area contributed by atoms with Crippen LogP contribution in [-0.4, -0.2) is 111 Å². The molecule has 0 radical (unpaired) electrons. The number of amides is 1. The molecule has 0 aliphatic rings. The minimum atomic E-state index is -0.952. The van der Waals surface area contributed by atoms with Gasteiger partial charge in [-0.1, -0.05) is 58.3 Å². The first-order valence-corrected chi connectivity index (χ1v) is 28.2. The van der Waals surface area contributed by atoms with Crippen LogP contribution in [0.1, 0.15) is 193 Å². The van der Waals surface area contributed by atoms with E-state index in [1.165, 1.54) is 0 Å². The summed E-state index contributed by atoms with van der Waals surface area (Å²) in [6.45, 7) is 5.81. The van der Waals surface area contributed by atoms with E-state index in [9.17, 15) is 28.8 Å². The van der Waals surface area contributed by atoms with Crippen molar-refractivity contribution < 1.29 is 57.2 Å². The highest BCUT2D eigenvalue weighted by atomic mass is 16.6. The number of carbonyl (C=O) groups is 6. The molecule has 422 valence electrons. The molecule has 0 spiro atoms. The highest BCUT2D eigenvalue weighted by Crippen LogP contribution is 2.26. The van der Waals surface area contributed by atoms with E-state index in [1.807, 2.05) is 44.5 Å². The number of alkyl carbamates (subject to hydrolysis) is 1. The van der Waals surface area contributed by atoms with Crippen molar-refractivity contribution in [3.63, 3.8) is 0 Å². The molecule has 3 aromatic rings. The van der Waals surface area contributed by atoms with Crippen LogP contribution in [-0.2, 0) is 72.0 Å². The van der Waals surface area contributed by atoms with Crippen LogP contribution < -0.4 is 5.32 Å². The zero-order valence-corrected chi connectivity index (χ0v) is 45.4. The monoisotopic (exact) mass is 1050 g/mol. The van der Waals surface area contributed by atoms with E-state index in [-0.39, 0.29) is 57.6 Å². The van der Waals surface area contributed by atoms with Gasteiger partial charge in [0.15, 0.2) is 0 Å². The average Bonchev–Trinajstić information content (AvgIpc) is 4.25. The van der Waals surface area contributed by atoms with Gasteiger partial charge < -0.3 is 47.4 Å². The second-order valence-corrected chi connectivity index (χ2v) is 19.6. The lowest BCUT2D eigenvalue weighted by molar-refractivity contribution is -0.162. The van der Waals surface area contributed by atoms with E-state index >= 15 is 0 Å². The molecular weight excluding hydrogens is 963 g/mol. The topological polar surface area (TPSA) is 223 Å². The molecule has 0 fully saturated rings. The van der Waals surface area contributed by atoms with Gasteiger partial charge in [-0.25, -0.2) is 19.7 Å². The van der Waals surface area contributed by atoms with Crippen molar-refractivity contribution >= 4 is 35.9 Å². The normalized spacial score (nSPS) is 11.3. The van der Waals surface area contributed by atoms with Gasteiger partial charge in [-0.05, 0) is 103 Å². The number of imidazole rings is 3. The van der Waals surface area contributed by atoms with E-state index in [0.717, 1.165) is 110 Å². The molecule has 0 aliphatic carbocycles. The van der Waals surface area contributed by atoms with Crippen LogP contribution in [0.4, 0.5) is 4.79 Å². The third-order valence-electron chi connectivity index (χ3n) is 13.1. The Kier molecular flexibility index (Phi) is 36.0. The molecule has 19 nitrogen and oxygen atoms in total. The number of nitrogens with zero attached hydrogens (tertiary/aromatic N) is 6. The number of hydrogen-bond acceptors (Lipinski definition) is 15. The molecule has 0 unspecified atom stereocenters. The molecule has 3 aromatic heterocycles.